The normalized spacial score (nSPS) is 10.1. The number of allylic oxidation sites excluding steroid dienone is 1. The Morgan fingerprint density at radius 3 is 2.00 bits per heavy atom. The van der Waals surface area contributed by atoms with Gasteiger partial charge in [-0.05, 0) is 31.6 Å². The van der Waals surface area contributed by atoms with Gasteiger partial charge in [-0.3, -0.25) is 0 Å². The average molecular weight is 219 g/mol. The summed E-state index contributed by atoms with van der Waals surface area (Å²) in [6.07, 6.45) is 0. The van der Waals surface area contributed by atoms with E-state index < -0.39 is 16.7 Å². The van der Waals surface area contributed by atoms with Crippen LogP contribution in [-0.2, 0) is 0 Å². The van der Waals surface area contributed by atoms with E-state index in [-0.39, 0.29) is 11.3 Å². The van der Waals surface area contributed by atoms with Gasteiger partial charge in [0.15, 0.2) is 0 Å². The molecular weight excluding hydrogens is 210 g/mol. The first kappa shape index (κ1) is 11.0. The molecule has 0 aliphatic carbocycles. The van der Waals surface area contributed by atoms with Crippen molar-refractivity contribution in [3.05, 3.63) is 39.9 Å². The molecule has 1 aromatic rings. The Morgan fingerprint density at radius 1 is 1.21 bits per heavy atom. The molecule has 1 nitrogen and oxygen atoms in total. The second-order valence-electron chi connectivity index (χ2n) is 3.10. The summed E-state index contributed by atoms with van der Waals surface area (Å²) < 4.78 is 25.9. The molecule has 1 aromatic carbocycles. The third-order valence-electron chi connectivity index (χ3n) is 1.73. The number of rotatable bonds is 1. The van der Waals surface area contributed by atoms with Crippen molar-refractivity contribution < 1.29 is 13.9 Å². The van der Waals surface area contributed by atoms with E-state index >= 15 is 0 Å². The summed E-state index contributed by atoms with van der Waals surface area (Å²) in [5, 5.41) is 8.88. The summed E-state index contributed by atoms with van der Waals surface area (Å²) >= 11 is 5.29. The summed E-state index contributed by atoms with van der Waals surface area (Å²) in [5.41, 5.74) is 0.663. The summed E-state index contributed by atoms with van der Waals surface area (Å²) in [4.78, 5) is 0. The molecule has 0 fully saturated rings. The lowest BCUT2D eigenvalue weighted by molar-refractivity contribution is 0.503. The Bertz CT molecular complexity index is 372. The zero-order valence-corrected chi connectivity index (χ0v) is 8.49. The molecule has 0 atom stereocenters. The molecule has 0 bridgehead atoms. The van der Waals surface area contributed by atoms with Gasteiger partial charge in [0.25, 0.3) is 0 Å². The lowest BCUT2D eigenvalue weighted by Crippen LogP contribution is -1.91. The van der Waals surface area contributed by atoms with Crippen molar-refractivity contribution in [2.75, 3.05) is 0 Å². The van der Waals surface area contributed by atoms with Crippen molar-refractivity contribution in [3.63, 3.8) is 0 Å². The first-order valence-corrected chi connectivity index (χ1v) is 4.32. The molecule has 1 rings (SSSR count). The summed E-state index contributed by atoms with van der Waals surface area (Å²) in [7, 11) is 0. The zero-order chi connectivity index (χ0) is 10.9. The Labute approximate surface area is 85.6 Å². The molecule has 0 aliphatic heterocycles. The molecule has 0 saturated carbocycles. The van der Waals surface area contributed by atoms with Crippen LogP contribution in [0.25, 0.3) is 5.76 Å². The highest BCUT2D eigenvalue weighted by Gasteiger charge is 2.11. The first-order valence-electron chi connectivity index (χ1n) is 3.95. The fraction of sp³-hybridized carbons (Fsp3) is 0.200. The molecule has 0 unspecified atom stereocenters. The minimum Gasteiger partial charge on any atom is -0.507 e. The second-order valence-corrected chi connectivity index (χ2v) is 3.48. The van der Waals surface area contributed by atoms with Crippen LogP contribution in [0.5, 0.6) is 0 Å². The van der Waals surface area contributed by atoms with E-state index in [1.165, 1.54) is 0 Å². The monoisotopic (exact) mass is 218 g/mol. The van der Waals surface area contributed by atoms with E-state index in [1.54, 1.807) is 13.8 Å². The maximum Gasteiger partial charge on any atom is 0.145 e. The number of halogens is 3. The molecule has 0 amide bonds. The number of hydrogen-bond donors (Lipinski definition) is 1. The van der Waals surface area contributed by atoms with Gasteiger partial charge in [0.05, 0.1) is 0 Å². The molecule has 0 saturated heterocycles. The predicted molar refractivity (Wildman–Crippen MR) is 52.3 cm³/mol. The van der Waals surface area contributed by atoms with Crippen LogP contribution in [0, 0.1) is 11.6 Å². The van der Waals surface area contributed by atoms with E-state index in [2.05, 4.69) is 0 Å². The highest BCUT2D eigenvalue weighted by molar-refractivity contribution is 6.30. The topological polar surface area (TPSA) is 20.2 Å². The van der Waals surface area contributed by atoms with Crippen LogP contribution in [0.2, 0.25) is 5.02 Å². The number of aliphatic hydroxyl groups is 1. The second kappa shape index (κ2) is 3.96. The maximum atomic E-state index is 13.0. The molecule has 4 heteroatoms. The molecule has 0 aliphatic rings. The number of benzene rings is 1. The van der Waals surface area contributed by atoms with Gasteiger partial charge in [-0.15, -0.1) is 0 Å². The Morgan fingerprint density at radius 2 is 1.64 bits per heavy atom. The fourth-order valence-electron chi connectivity index (χ4n) is 0.981. The quantitative estimate of drug-likeness (QED) is 0.559. The van der Waals surface area contributed by atoms with Crippen LogP contribution >= 0.6 is 11.6 Å². The Balaban J connectivity index is 3.34. The van der Waals surface area contributed by atoms with E-state index in [0.29, 0.717) is 5.57 Å². The van der Waals surface area contributed by atoms with Crippen LogP contribution < -0.4 is 0 Å². The van der Waals surface area contributed by atoms with Crippen LogP contribution in [-0.4, -0.2) is 5.11 Å². The minimum absolute atomic E-state index is 0.0874. The molecule has 14 heavy (non-hydrogen) atoms. The summed E-state index contributed by atoms with van der Waals surface area (Å²) in [6, 6.07) is 1.99. The van der Waals surface area contributed by atoms with E-state index in [0.717, 1.165) is 12.1 Å². The third kappa shape index (κ3) is 2.04. The van der Waals surface area contributed by atoms with Crippen molar-refractivity contribution in [2.45, 2.75) is 13.8 Å². The molecule has 76 valence electrons. The van der Waals surface area contributed by atoms with Crippen molar-refractivity contribution >= 4 is 17.4 Å². The minimum atomic E-state index is -0.880. The fourth-order valence-corrected chi connectivity index (χ4v) is 1.09. The van der Waals surface area contributed by atoms with Gasteiger partial charge < -0.3 is 5.11 Å². The molecule has 0 spiro atoms. The molecule has 0 heterocycles. The van der Waals surface area contributed by atoms with Crippen LogP contribution in [0.3, 0.4) is 0 Å². The van der Waals surface area contributed by atoms with Crippen molar-refractivity contribution in [1.29, 1.82) is 0 Å². The van der Waals surface area contributed by atoms with Crippen molar-refractivity contribution in [2.24, 2.45) is 0 Å². The summed E-state index contributed by atoms with van der Waals surface area (Å²) in [6.45, 7) is 3.28. The summed E-state index contributed by atoms with van der Waals surface area (Å²) in [5.74, 6) is -1.90. The van der Waals surface area contributed by atoms with E-state index in [9.17, 15) is 13.9 Å². The largest absolute Gasteiger partial charge is 0.507 e. The average Bonchev–Trinajstić information content (AvgIpc) is 2.12. The first-order chi connectivity index (χ1) is 6.43. The van der Waals surface area contributed by atoms with Crippen molar-refractivity contribution in [1.82, 2.24) is 0 Å². The third-order valence-corrected chi connectivity index (χ3v) is 2.09. The highest BCUT2D eigenvalue weighted by Crippen LogP contribution is 2.24. The van der Waals surface area contributed by atoms with Gasteiger partial charge in [0.1, 0.15) is 22.4 Å². The smallest absolute Gasteiger partial charge is 0.145 e. The van der Waals surface area contributed by atoms with Crippen molar-refractivity contribution in [3.8, 4) is 0 Å². The van der Waals surface area contributed by atoms with Crippen LogP contribution in [0.1, 0.15) is 19.4 Å². The zero-order valence-electron chi connectivity index (χ0n) is 7.74. The number of hydrogen-bond acceptors (Lipinski definition) is 1. The van der Waals surface area contributed by atoms with Gasteiger partial charge in [-0.2, -0.15) is 0 Å². The van der Waals surface area contributed by atoms with E-state index in [4.69, 9.17) is 11.6 Å². The highest BCUT2D eigenvalue weighted by atomic mass is 35.5. The molecular formula is C10H9ClF2O. The SMILES string of the molecule is CC(C)=C(O)c1cc(F)c(Cl)c(F)c1. The molecule has 0 radical (unpaired) electrons. The number of aliphatic hydroxyl groups excluding tert-OH is 1. The van der Waals surface area contributed by atoms with Gasteiger partial charge in [0, 0.05) is 5.56 Å². The lowest BCUT2D eigenvalue weighted by Gasteiger charge is -2.04. The van der Waals surface area contributed by atoms with Gasteiger partial charge >= 0.3 is 0 Å². The predicted octanol–water partition coefficient (Wildman–Crippen LogP) is 3.93. The molecule has 0 aromatic heterocycles. The van der Waals surface area contributed by atoms with Gasteiger partial charge in [0.2, 0.25) is 0 Å². The van der Waals surface area contributed by atoms with Gasteiger partial charge in [-0.1, -0.05) is 11.6 Å². The maximum absolute atomic E-state index is 13.0. The molecule has 1 N–H and O–H groups in total. The Kier molecular flexibility index (Phi) is 3.11. The van der Waals surface area contributed by atoms with Crippen LogP contribution in [0.4, 0.5) is 8.78 Å². The van der Waals surface area contributed by atoms with Crippen LogP contribution in [0.15, 0.2) is 17.7 Å². The van der Waals surface area contributed by atoms with E-state index in [1.807, 2.05) is 0 Å². The van der Waals surface area contributed by atoms with Gasteiger partial charge in [-0.25, -0.2) is 8.78 Å². The standard InChI is InChI=1S/C10H9ClF2O/c1-5(2)10(14)6-3-7(12)9(11)8(13)4-6/h3-4,14H,1-2H3. The Hall–Kier alpha value is -1.09. The lowest BCUT2D eigenvalue weighted by atomic mass is 10.1.